The van der Waals surface area contributed by atoms with Gasteiger partial charge >= 0.3 is 0 Å². The van der Waals surface area contributed by atoms with Crippen molar-refractivity contribution in [2.45, 2.75) is 32.4 Å². The van der Waals surface area contributed by atoms with Gasteiger partial charge in [0.15, 0.2) is 0 Å². The van der Waals surface area contributed by atoms with Gasteiger partial charge in [-0.3, -0.25) is 0 Å². The topological polar surface area (TPSA) is 41.5 Å². The Morgan fingerprint density at radius 3 is 2.58 bits per heavy atom. The predicted octanol–water partition coefficient (Wildman–Crippen LogP) is 0.382. The third kappa shape index (κ3) is 2.73. The van der Waals surface area contributed by atoms with Gasteiger partial charge in [0.2, 0.25) is 0 Å². The van der Waals surface area contributed by atoms with E-state index in [4.69, 9.17) is 9.84 Å². The van der Waals surface area contributed by atoms with Crippen LogP contribution in [0.15, 0.2) is 0 Å². The molecule has 0 aliphatic carbocycles. The van der Waals surface area contributed by atoms with Crippen molar-refractivity contribution in [1.29, 1.82) is 0 Å². The molecule has 1 aliphatic heterocycles. The van der Waals surface area contributed by atoms with E-state index in [1.807, 2.05) is 0 Å². The van der Waals surface area contributed by atoms with E-state index in [9.17, 15) is 0 Å². The summed E-state index contributed by atoms with van der Waals surface area (Å²) in [6, 6.07) is 0.315. The average molecular weight is 173 g/mol. The molecular formula is C9H19NO2. The van der Waals surface area contributed by atoms with Gasteiger partial charge in [-0.2, -0.15) is 0 Å². The molecule has 3 heteroatoms. The summed E-state index contributed by atoms with van der Waals surface area (Å²) in [4.78, 5) is 0. The first-order valence-corrected chi connectivity index (χ1v) is 4.49. The van der Waals surface area contributed by atoms with Gasteiger partial charge in [0.1, 0.15) is 0 Å². The lowest BCUT2D eigenvalue weighted by atomic mass is 10.0. The number of ether oxygens (including phenoxy) is 1. The molecule has 0 amide bonds. The second kappa shape index (κ2) is 3.73. The molecule has 0 bridgehead atoms. The van der Waals surface area contributed by atoms with Gasteiger partial charge in [-0.1, -0.05) is 0 Å². The molecule has 0 aromatic carbocycles. The van der Waals surface area contributed by atoms with Crippen LogP contribution in [-0.2, 0) is 4.74 Å². The molecule has 72 valence electrons. The Balaban J connectivity index is 2.41. The highest BCUT2D eigenvalue weighted by molar-refractivity contribution is 4.86. The standard InChI is InChI=1S/C9H19NO2/c1-9(2,3)10-8-6-12-5-7(8)4-11/h7-8,10-11H,4-6H2,1-3H3/t7-,8+/m0/s1. The van der Waals surface area contributed by atoms with Crippen molar-refractivity contribution in [2.75, 3.05) is 19.8 Å². The van der Waals surface area contributed by atoms with E-state index in [-0.39, 0.29) is 18.1 Å². The Kier molecular flexibility index (Phi) is 3.09. The van der Waals surface area contributed by atoms with Crippen LogP contribution in [0.5, 0.6) is 0 Å². The summed E-state index contributed by atoms with van der Waals surface area (Å²) in [5.74, 6) is 0.268. The summed E-state index contributed by atoms with van der Waals surface area (Å²) >= 11 is 0. The molecule has 1 saturated heterocycles. The zero-order chi connectivity index (χ0) is 9.19. The minimum absolute atomic E-state index is 0.103. The summed E-state index contributed by atoms with van der Waals surface area (Å²) in [6.45, 7) is 8.00. The van der Waals surface area contributed by atoms with E-state index in [1.165, 1.54) is 0 Å². The lowest BCUT2D eigenvalue weighted by Gasteiger charge is -2.27. The van der Waals surface area contributed by atoms with Gasteiger partial charge in [0.05, 0.1) is 13.2 Å². The molecule has 1 heterocycles. The smallest absolute Gasteiger partial charge is 0.0624 e. The Hall–Kier alpha value is -0.120. The van der Waals surface area contributed by atoms with E-state index in [0.717, 1.165) is 6.61 Å². The lowest BCUT2D eigenvalue weighted by molar-refractivity contribution is 0.160. The van der Waals surface area contributed by atoms with E-state index in [1.54, 1.807) is 0 Å². The highest BCUT2D eigenvalue weighted by atomic mass is 16.5. The molecule has 0 spiro atoms. The molecule has 0 aromatic heterocycles. The van der Waals surface area contributed by atoms with Crippen LogP contribution in [0.3, 0.4) is 0 Å². The minimum Gasteiger partial charge on any atom is -0.396 e. The number of hydrogen-bond acceptors (Lipinski definition) is 3. The van der Waals surface area contributed by atoms with Crippen molar-refractivity contribution in [3.63, 3.8) is 0 Å². The molecule has 12 heavy (non-hydrogen) atoms. The van der Waals surface area contributed by atoms with Crippen LogP contribution in [0.25, 0.3) is 0 Å². The predicted molar refractivity (Wildman–Crippen MR) is 48.1 cm³/mol. The summed E-state index contributed by atoms with van der Waals surface area (Å²) in [6.07, 6.45) is 0. The Labute approximate surface area is 74.1 Å². The summed E-state index contributed by atoms with van der Waals surface area (Å²) in [7, 11) is 0. The zero-order valence-corrected chi connectivity index (χ0v) is 8.13. The van der Waals surface area contributed by atoms with Gasteiger partial charge in [0.25, 0.3) is 0 Å². The van der Waals surface area contributed by atoms with Crippen molar-refractivity contribution >= 4 is 0 Å². The normalized spacial score (nSPS) is 31.0. The molecule has 1 fully saturated rings. The highest BCUT2D eigenvalue weighted by Crippen LogP contribution is 2.15. The fourth-order valence-electron chi connectivity index (χ4n) is 1.49. The van der Waals surface area contributed by atoms with Crippen molar-refractivity contribution in [2.24, 2.45) is 5.92 Å². The lowest BCUT2D eigenvalue weighted by Crippen LogP contribution is -2.47. The second-order valence-electron chi connectivity index (χ2n) is 4.48. The fraction of sp³-hybridized carbons (Fsp3) is 1.00. The molecule has 0 radical (unpaired) electrons. The third-order valence-corrected chi connectivity index (χ3v) is 2.05. The second-order valence-corrected chi connectivity index (χ2v) is 4.48. The first-order chi connectivity index (χ1) is 5.53. The molecular weight excluding hydrogens is 154 g/mol. The van der Waals surface area contributed by atoms with Crippen molar-refractivity contribution in [1.82, 2.24) is 5.32 Å². The first-order valence-electron chi connectivity index (χ1n) is 4.49. The quantitative estimate of drug-likeness (QED) is 0.634. The number of hydrogen-bond donors (Lipinski definition) is 2. The largest absolute Gasteiger partial charge is 0.396 e. The van der Waals surface area contributed by atoms with E-state index in [2.05, 4.69) is 26.1 Å². The van der Waals surface area contributed by atoms with Crippen LogP contribution in [0.4, 0.5) is 0 Å². The third-order valence-electron chi connectivity index (χ3n) is 2.05. The monoisotopic (exact) mass is 173 g/mol. The van der Waals surface area contributed by atoms with E-state index in [0.29, 0.717) is 12.6 Å². The average Bonchev–Trinajstić information content (AvgIpc) is 2.31. The van der Waals surface area contributed by atoms with E-state index < -0.39 is 0 Å². The molecule has 1 aliphatic rings. The van der Waals surface area contributed by atoms with Gasteiger partial charge < -0.3 is 15.2 Å². The number of aliphatic hydroxyl groups excluding tert-OH is 1. The zero-order valence-electron chi connectivity index (χ0n) is 8.13. The number of nitrogens with one attached hydrogen (secondary N) is 1. The molecule has 0 aromatic rings. The van der Waals surface area contributed by atoms with Gasteiger partial charge in [-0.05, 0) is 20.8 Å². The van der Waals surface area contributed by atoms with Gasteiger partial charge in [0, 0.05) is 24.1 Å². The number of rotatable bonds is 2. The summed E-state index contributed by atoms with van der Waals surface area (Å²) < 4.78 is 5.28. The van der Waals surface area contributed by atoms with Crippen LogP contribution in [0, 0.1) is 5.92 Å². The van der Waals surface area contributed by atoms with Crippen molar-refractivity contribution in [3.05, 3.63) is 0 Å². The fourth-order valence-corrected chi connectivity index (χ4v) is 1.49. The molecule has 1 rings (SSSR count). The van der Waals surface area contributed by atoms with Gasteiger partial charge in [-0.15, -0.1) is 0 Å². The van der Waals surface area contributed by atoms with Crippen LogP contribution in [0.2, 0.25) is 0 Å². The number of aliphatic hydroxyl groups is 1. The highest BCUT2D eigenvalue weighted by Gasteiger charge is 2.30. The molecule has 0 unspecified atom stereocenters. The Bertz CT molecular complexity index is 142. The summed E-state index contributed by atoms with van der Waals surface area (Å²) in [5.41, 5.74) is 0.103. The van der Waals surface area contributed by atoms with Crippen molar-refractivity contribution < 1.29 is 9.84 Å². The van der Waals surface area contributed by atoms with Crippen molar-refractivity contribution in [3.8, 4) is 0 Å². The first kappa shape index (κ1) is 9.96. The molecule has 2 atom stereocenters. The van der Waals surface area contributed by atoms with Crippen LogP contribution in [-0.4, -0.2) is 36.5 Å². The Morgan fingerprint density at radius 2 is 2.08 bits per heavy atom. The molecule has 0 saturated carbocycles. The van der Waals surface area contributed by atoms with Crippen LogP contribution in [0.1, 0.15) is 20.8 Å². The van der Waals surface area contributed by atoms with E-state index >= 15 is 0 Å². The minimum atomic E-state index is 0.103. The Morgan fingerprint density at radius 1 is 1.42 bits per heavy atom. The molecule has 3 nitrogen and oxygen atoms in total. The maximum Gasteiger partial charge on any atom is 0.0624 e. The maximum absolute atomic E-state index is 9.01. The van der Waals surface area contributed by atoms with Gasteiger partial charge in [-0.25, -0.2) is 0 Å². The SMILES string of the molecule is CC(C)(C)N[C@@H]1COC[C@@H]1CO. The molecule has 2 N–H and O–H groups in total. The van der Waals surface area contributed by atoms with Crippen LogP contribution >= 0.6 is 0 Å². The summed E-state index contributed by atoms with van der Waals surface area (Å²) in [5, 5.41) is 12.4. The van der Waals surface area contributed by atoms with Crippen LogP contribution < -0.4 is 5.32 Å². The maximum atomic E-state index is 9.01.